The number of anilines is 3. The van der Waals surface area contributed by atoms with E-state index in [-0.39, 0.29) is 5.92 Å². The van der Waals surface area contributed by atoms with Crippen molar-refractivity contribution in [2.75, 3.05) is 36.5 Å². The number of aromatic nitrogens is 1. The van der Waals surface area contributed by atoms with Gasteiger partial charge in [0, 0.05) is 53.4 Å². The Morgan fingerprint density at radius 2 is 1.84 bits per heavy atom. The fourth-order valence-electron chi connectivity index (χ4n) is 4.33. The molecule has 1 saturated heterocycles. The number of ether oxygens (including phenoxy) is 1. The van der Waals surface area contributed by atoms with Gasteiger partial charge in [0.1, 0.15) is 5.82 Å². The molecule has 1 atom stereocenters. The van der Waals surface area contributed by atoms with Crippen LogP contribution < -0.4 is 10.2 Å². The summed E-state index contributed by atoms with van der Waals surface area (Å²) >= 11 is 6.39. The van der Waals surface area contributed by atoms with E-state index in [0.717, 1.165) is 54.0 Å². The number of hydrogen-bond donors (Lipinski definition) is 1. The van der Waals surface area contributed by atoms with Gasteiger partial charge in [0.15, 0.2) is 0 Å². The summed E-state index contributed by atoms with van der Waals surface area (Å²) in [7, 11) is 0. The van der Waals surface area contributed by atoms with Gasteiger partial charge in [-0.05, 0) is 60.0 Å². The van der Waals surface area contributed by atoms with E-state index < -0.39 is 0 Å². The highest BCUT2D eigenvalue weighted by Gasteiger charge is 2.23. The SMILES string of the molecule is Cc1c(Cl)cccc1C1C=NCc2c1ccnc2Nc1ccc(N2CCOCC2)cc1. The van der Waals surface area contributed by atoms with Gasteiger partial charge in [0.2, 0.25) is 0 Å². The molecule has 3 aromatic rings. The van der Waals surface area contributed by atoms with Crippen LogP contribution in [0.2, 0.25) is 5.02 Å². The summed E-state index contributed by atoms with van der Waals surface area (Å²) in [6, 6.07) is 16.7. The molecule has 0 spiro atoms. The molecule has 2 aliphatic rings. The Morgan fingerprint density at radius 1 is 1.03 bits per heavy atom. The summed E-state index contributed by atoms with van der Waals surface area (Å²) in [4.78, 5) is 11.6. The second-order valence-electron chi connectivity index (χ2n) is 7.92. The number of fused-ring (bicyclic) bond motifs is 1. The lowest BCUT2D eigenvalue weighted by atomic mass is 9.85. The zero-order chi connectivity index (χ0) is 21.2. The largest absolute Gasteiger partial charge is 0.378 e. The molecular weight excluding hydrogens is 408 g/mol. The molecule has 1 N–H and O–H groups in total. The lowest BCUT2D eigenvalue weighted by Gasteiger charge is -2.29. The molecule has 3 heterocycles. The number of rotatable bonds is 4. The fourth-order valence-corrected chi connectivity index (χ4v) is 4.51. The summed E-state index contributed by atoms with van der Waals surface area (Å²) < 4.78 is 5.45. The maximum atomic E-state index is 6.39. The average molecular weight is 433 g/mol. The third-order valence-electron chi connectivity index (χ3n) is 6.08. The van der Waals surface area contributed by atoms with Crippen LogP contribution in [0.25, 0.3) is 0 Å². The Bertz CT molecular complexity index is 1110. The van der Waals surface area contributed by atoms with E-state index in [9.17, 15) is 0 Å². The van der Waals surface area contributed by atoms with Crippen LogP contribution in [-0.2, 0) is 11.3 Å². The molecule has 0 bridgehead atoms. The van der Waals surface area contributed by atoms with Crippen molar-refractivity contribution < 1.29 is 4.74 Å². The molecule has 158 valence electrons. The van der Waals surface area contributed by atoms with Crippen molar-refractivity contribution in [3.05, 3.63) is 82.0 Å². The minimum absolute atomic E-state index is 0.0784. The van der Waals surface area contributed by atoms with Gasteiger partial charge in [-0.15, -0.1) is 0 Å². The molecule has 5 nitrogen and oxygen atoms in total. The molecule has 2 aliphatic heterocycles. The van der Waals surface area contributed by atoms with Crippen LogP contribution in [0.3, 0.4) is 0 Å². The molecule has 1 fully saturated rings. The quantitative estimate of drug-likeness (QED) is 0.604. The van der Waals surface area contributed by atoms with Crippen LogP contribution in [0.1, 0.15) is 28.2 Å². The van der Waals surface area contributed by atoms with Crippen molar-refractivity contribution >= 4 is 35.0 Å². The Labute approximate surface area is 187 Å². The first-order valence-electron chi connectivity index (χ1n) is 10.6. The number of aliphatic imine (C=N–C) groups is 1. The second kappa shape index (κ2) is 8.69. The predicted molar refractivity (Wildman–Crippen MR) is 127 cm³/mol. The molecular formula is C25H25ClN4O. The molecule has 2 aromatic carbocycles. The summed E-state index contributed by atoms with van der Waals surface area (Å²) in [6.45, 7) is 6.12. The van der Waals surface area contributed by atoms with E-state index in [1.165, 1.54) is 16.8 Å². The predicted octanol–water partition coefficient (Wildman–Crippen LogP) is 5.34. The maximum Gasteiger partial charge on any atom is 0.135 e. The third-order valence-corrected chi connectivity index (χ3v) is 6.49. The maximum absolute atomic E-state index is 6.39. The number of pyridine rings is 1. The van der Waals surface area contributed by atoms with Crippen LogP contribution in [0.5, 0.6) is 0 Å². The average Bonchev–Trinajstić information content (AvgIpc) is 2.82. The van der Waals surface area contributed by atoms with E-state index in [4.69, 9.17) is 16.3 Å². The van der Waals surface area contributed by atoms with E-state index in [1.807, 2.05) is 24.5 Å². The molecule has 0 radical (unpaired) electrons. The molecule has 0 saturated carbocycles. The van der Waals surface area contributed by atoms with E-state index in [0.29, 0.717) is 6.54 Å². The molecule has 0 amide bonds. The van der Waals surface area contributed by atoms with Crippen molar-refractivity contribution in [1.29, 1.82) is 0 Å². The van der Waals surface area contributed by atoms with E-state index >= 15 is 0 Å². The van der Waals surface area contributed by atoms with Gasteiger partial charge in [-0.1, -0.05) is 23.7 Å². The van der Waals surface area contributed by atoms with Gasteiger partial charge in [0.05, 0.1) is 19.8 Å². The van der Waals surface area contributed by atoms with Crippen LogP contribution in [0.4, 0.5) is 17.2 Å². The fraction of sp³-hybridized carbons (Fsp3) is 0.280. The van der Waals surface area contributed by atoms with Crippen LogP contribution >= 0.6 is 11.6 Å². The summed E-state index contributed by atoms with van der Waals surface area (Å²) in [6.07, 6.45) is 3.90. The molecule has 6 heteroatoms. The van der Waals surface area contributed by atoms with Gasteiger partial charge in [0.25, 0.3) is 0 Å². The summed E-state index contributed by atoms with van der Waals surface area (Å²) in [5, 5.41) is 4.29. The van der Waals surface area contributed by atoms with E-state index in [2.05, 4.69) is 63.5 Å². The number of nitrogens with one attached hydrogen (secondary N) is 1. The molecule has 5 rings (SSSR count). The Morgan fingerprint density at radius 3 is 2.65 bits per heavy atom. The standard InChI is InChI=1S/C25H25ClN4O/c1-17-20(3-2-4-24(17)26)22-15-27-16-23-21(22)9-10-28-25(23)29-18-5-7-19(8-6-18)30-11-13-31-14-12-30/h2-10,15,22H,11-14,16H2,1H3,(H,28,29). The first-order chi connectivity index (χ1) is 15.2. The molecule has 1 unspecified atom stereocenters. The number of hydrogen-bond acceptors (Lipinski definition) is 5. The number of benzene rings is 2. The van der Waals surface area contributed by atoms with Gasteiger partial charge >= 0.3 is 0 Å². The summed E-state index contributed by atoms with van der Waals surface area (Å²) in [5.41, 5.74) is 6.87. The van der Waals surface area contributed by atoms with Gasteiger partial charge in [-0.3, -0.25) is 4.99 Å². The first kappa shape index (κ1) is 20.0. The molecule has 1 aromatic heterocycles. The lowest BCUT2D eigenvalue weighted by molar-refractivity contribution is 0.122. The smallest absolute Gasteiger partial charge is 0.135 e. The summed E-state index contributed by atoms with van der Waals surface area (Å²) in [5.74, 6) is 0.938. The first-order valence-corrected chi connectivity index (χ1v) is 11.0. The van der Waals surface area contributed by atoms with Crippen LogP contribution in [0, 0.1) is 6.92 Å². The zero-order valence-corrected chi connectivity index (χ0v) is 18.3. The Kier molecular flexibility index (Phi) is 5.62. The minimum Gasteiger partial charge on any atom is -0.378 e. The molecule has 31 heavy (non-hydrogen) atoms. The second-order valence-corrected chi connectivity index (χ2v) is 8.33. The van der Waals surface area contributed by atoms with Crippen molar-refractivity contribution in [3.63, 3.8) is 0 Å². The third kappa shape index (κ3) is 4.03. The number of halogens is 1. The van der Waals surface area contributed by atoms with Crippen molar-refractivity contribution in [2.24, 2.45) is 4.99 Å². The van der Waals surface area contributed by atoms with E-state index in [1.54, 1.807) is 0 Å². The number of morpholine rings is 1. The minimum atomic E-state index is 0.0784. The van der Waals surface area contributed by atoms with Crippen molar-refractivity contribution in [1.82, 2.24) is 4.98 Å². The highest BCUT2D eigenvalue weighted by atomic mass is 35.5. The van der Waals surface area contributed by atoms with Crippen molar-refractivity contribution in [2.45, 2.75) is 19.4 Å². The Hall–Kier alpha value is -2.89. The number of nitrogens with zero attached hydrogens (tertiary/aromatic N) is 3. The Balaban J connectivity index is 1.41. The van der Waals surface area contributed by atoms with Gasteiger partial charge in [-0.25, -0.2) is 4.98 Å². The zero-order valence-electron chi connectivity index (χ0n) is 17.5. The normalized spacial score (nSPS) is 18.0. The van der Waals surface area contributed by atoms with Crippen molar-refractivity contribution in [3.8, 4) is 0 Å². The van der Waals surface area contributed by atoms with Crippen LogP contribution in [-0.4, -0.2) is 37.5 Å². The van der Waals surface area contributed by atoms with Gasteiger partial charge < -0.3 is 15.0 Å². The highest BCUT2D eigenvalue weighted by Crippen LogP contribution is 2.36. The topological polar surface area (TPSA) is 49.8 Å². The monoisotopic (exact) mass is 432 g/mol. The molecule has 0 aliphatic carbocycles. The highest BCUT2D eigenvalue weighted by molar-refractivity contribution is 6.31. The lowest BCUT2D eigenvalue weighted by Crippen LogP contribution is -2.36. The van der Waals surface area contributed by atoms with Crippen LogP contribution in [0.15, 0.2) is 59.7 Å². The van der Waals surface area contributed by atoms with Gasteiger partial charge in [-0.2, -0.15) is 0 Å².